The van der Waals surface area contributed by atoms with Crippen LogP contribution in [0.1, 0.15) is 11.4 Å². The summed E-state index contributed by atoms with van der Waals surface area (Å²) in [5.74, 6) is 0.810. The third kappa shape index (κ3) is 2.78. The van der Waals surface area contributed by atoms with Crippen molar-refractivity contribution in [1.29, 1.82) is 0 Å². The molecule has 0 aliphatic carbocycles. The van der Waals surface area contributed by atoms with Crippen LogP contribution in [-0.4, -0.2) is 15.1 Å². The first kappa shape index (κ1) is 14.1. The lowest BCUT2D eigenvalue weighted by molar-refractivity contribution is 0.256. The number of aliphatic hydroxyl groups is 1. The van der Waals surface area contributed by atoms with Crippen molar-refractivity contribution in [1.82, 2.24) is 9.97 Å². The molecule has 0 spiro atoms. The average molecular weight is 323 g/mol. The normalized spacial score (nSPS) is 11.0. The molecule has 3 aromatic rings. The first-order chi connectivity index (χ1) is 10.2. The Balaban J connectivity index is 1.88. The van der Waals surface area contributed by atoms with E-state index in [0.29, 0.717) is 32.4 Å². The summed E-state index contributed by atoms with van der Waals surface area (Å²) in [5.41, 5.74) is 1.04. The van der Waals surface area contributed by atoms with Gasteiger partial charge in [0.1, 0.15) is 22.9 Å². The van der Waals surface area contributed by atoms with Crippen molar-refractivity contribution in [2.45, 2.75) is 13.2 Å². The first-order valence-electron chi connectivity index (χ1n) is 6.16. The van der Waals surface area contributed by atoms with Crippen molar-refractivity contribution in [2.75, 3.05) is 0 Å². The zero-order valence-corrected chi connectivity index (χ0v) is 12.4. The van der Waals surface area contributed by atoms with E-state index in [1.807, 2.05) is 5.38 Å². The van der Waals surface area contributed by atoms with Crippen molar-refractivity contribution in [3.63, 3.8) is 0 Å². The number of hydrogen-bond acceptors (Lipinski definition) is 5. The number of rotatable bonds is 4. The highest BCUT2D eigenvalue weighted by Gasteiger charge is 2.10. The van der Waals surface area contributed by atoms with Crippen LogP contribution in [0.3, 0.4) is 0 Å². The number of hydrogen-bond donors (Lipinski definition) is 2. The molecule has 0 unspecified atom stereocenters. The van der Waals surface area contributed by atoms with Crippen LogP contribution in [0.25, 0.3) is 10.2 Å². The molecule has 0 bridgehead atoms. The molecule has 108 valence electrons. The highest BCUT2D eigenvalue weighted by atomic mass is 35.5. The third-order valence-corrected chi connectivity index (χ3v) is 4.14. The van der Waals surface area contributed by atoms with Gasteiger partial charge in [-0.05, 0) is 17.5 Å². The molecule has 0 amide bonds. The Morgan fingerprint density at radius 2 is 2.24 bits per heavy atom. The molecule has 0 saturated heterocycles. The Bertz CT molecular complexity index is 844. The highest BCUT2D eigenvalue weighted by Crippen LogP contribution is 2.29. The standard InChI is InChI=1S/C14H11ClN2O3S/c15-9-3-1-2-8(6-18)12(9)20-7-11-16-10-4-5-21-13(10)14(19)17-11/h1-5,18H,6-7H2,(H,16,17,19). The number of fused-ring (bicyclic) bond motifs is 1. The summed E-state index contributed by atoms with van der Waals surface area (Å²) < 4.78 is 6.19. The quantitative estimate of drug-likeness (QED) is 0.774. The van der Waals surface area contributed by atoms with Gasteiger partial charge in [-0.3, -0.25) is 4.79 Å². The van der Waals surface area contributed by atoms with Gasteiger partial charge in [0.2, 0.25) is 0 Å². The molecule has 2 aromatic heterocycles. The van der Waals surface area contributed by atoms with E-state index in [0.717, 1.165) is 0 Å². The minimum atomic E-state index is -0.185. The van der Waals surface area contributed by atoms with E-state index < -0.39 is 0 Å². The largest absolute Gasteiger partial charge is 0.484 e. The molecule has 0 saturated carbocycles. The Hall–Kier alpha value is -1.89. The van der Waals surface area contributed by atoms with Gasteiger partial charge in [-0.2, -0.15) is 0 Å². The van der Waals surface area contributed by atoms with Crippen molar-refractivity contribution >= 4 is 33.2 Å². The van der Waals surface area contributed by atoms with Gasteiger partial charge >= 0.3 is 0 Å². The number of aromatic nitrogens is 2. The summed E-state index contributed by atoms with van der Waals surface area (Å²) in [6.45, 7) is -0.110. The van der Waals surface area contributed by atoms with E-state index >= 15 is 0 Å². The molecule has 0 aliphatic rings. The van der Waals surface area contributed by atoms with Crippen molar-refractivity contribution < 1.29 is 9.84 Å². The minimum absolute atomic E-state index is 0.0672. The van der Waals surface area contributed by atoms with Gasteiger partial charge in [0, 0.05) is 5.56 Å². The van der Waals surface area contributed by atoms with E-state index in [2.05, 4.69) is 9.97 Å². The van der Waals surface area contributed by atoms with Crippen LogP contribution < -0.4 is 10.3 Å². The number of para-hydroxylation sites is 1. The predicted octanol–water partition coefficient (Wildman–Crippen LogP) is 2.71. The van der Waals surface area contributed by atoms with Gasteiger partial charge < -0.3 is 14.8 Å². The lowest BCUT2D eigenvalue weighted by Gasteiger charge is -2.11. The lowest BCUT2D eigenvalue weighted by atomic mass is 10.2. The third-order valence-electron chi connectivity index (χ3n) is 2.94. The number of aromatic amines is 1. The van der Waals surface area contributed by atoms with Crippen molar-refractivity contribution in [3.05, 3.63) is 56.4 Å². The van der Waals surface area contributed by atoms with Crippen LogP contribution in [0.15, 0.2) is 34.4 Å². The topological polar surface area (TPSA) is 75.2 Å². The fourth-order valence-electron chi connectivity index (χ4n) is 1.97. The Labute approximate surface area is 128 Å². The Morgan fingerprint density at radius 1 is 1.38 bits per heavy atom. The fourth-order valence-corrected chi connectivity index (χ4v) is 2.94. The van der Waals surface area contributed by atoms with Gasteiger partial charge in [-0.25, -0.2) is 4.98 Å². The van der Waals surface area contributed by atoms with Crippen LogP contribution in [0.2, 0.25) is 5.02 Å². The van der Waals surface area contributed by atoms with Crippen LogP contribution >= 0.6 is 22.9 Å². The second-order valence-corrected chi connectivity index (χ2v) is 5.65. The molecule has 2 heterocycles. The SMILES string of the molecule is O=c1[nH]c(COc2c(Cl)cccc2CO)nc2ccsc12. The Morgan fingerprint density at radius 3 is 3.05 bits per heavy atom. The molecular formula is C14H11ClN2O3S. The zero-order valence-electron chi connectivity index (χ0n) is 10.8. The maximum Gasteiger partial charge on any atom is 0.268 e. The number of halogens is 1. The van der Waals surface area contributed by atoms with Crippen molar-refractivity contribution in [3.8, 4) is 5.75 Å². The smallest absolute Gasteiger partial charge is 0.268 e. The van der Waals surface area contributed by atoms with E-state index in [4.69, 9.17) is 16.3 Å². The summed E-state index contributed by atoms with van der Waals surface area (Å²) in [7, 11) is 0. The second-order valence-electron chi connectivity index (χ2n) is 4.32. The maximum absolute atomic E-state index is 11.9. The number of thiophene rings is 1. The van der Waals surface area contributed by atoms with Gasteiger partial charge in [0.05, 0.1) is 17.1 Å². The number of aliphatic hydroxyl groups excluding tert-OH is 1. The predicted molar refractivity (Wildman–Crippen MR) is 81.9 cm³/mol. The van der Waals surface area contributed by atoms with E-state index in [-0.39, 0.29) is 18.8 Å². The summed E-state index contributed by atoms with van der Waals surface area (Å²) >= 11 is 7.40. The number of nitrogens with one attached hydrogen (secondary N) is 1. The zero-order chi connectivity index (χ0) is 14.8. The molecule has 2 N–H and O–H groups in total. The number of benzene rings is 1. The second kappa shape index (κ2) is 5.85. The molecule has 0 aliphatic heterocycles. The molecule has 7 heteroatoms. The number of H-pyrrole nitrogens is 1. The molecule has 0 fully saturated rings. The molecule has 1 aromatic carbocycles. The highest BCUT2D eigenvalue weighted by molar-refractivity contribution is 7.17. The van der Waals surface area contributed by atoms with Crippen LogP contribution in [0.4, 0.5) is 0 Å². The van der Waals surface area contributed by atoms with Gasteiger partial charge in [-0.1, -0.05) is 23.7 Å². The van der Waals surface area contributed by atoms with Crippen LogP contribution in [0, 0.1) is 0 Å². The summed E-state index contributed by atoms with van der Waals surface area (Å²) in [6.07, 6.45) is 0. The van der Waals surface area contributed by atoms with E-state index in [1.54, 1.807) is 24.3 Å². The van der Waals surface area contributed by atoms with Gasteiger partial charge in [0.15, 0.2) is 0 Å². The molecule has 5 nitrogen and oxygen atoms in total. The minimum Gasteiger partial charge on any atom is -0.484 e. The van der Waals surface area contributed by atoms with E-state index in [1.165, 1.54) is 11.3 Å². The molecular weight excluding hydrogens is 312 g/mol. The molecule has 3 rings (SSSR count). The average Bonchev–Trinajstić information content (AvgIpc) is 2.94. The monoisotopic (exact) mass is 322 g/mol. The van der Waals surface area contributed by atoms with Gasteiger partial charge in [-0.15, -0.1) is 11.3 Å². The Kier molecular flexibility index (Phi) is 3.92. The maximum atomic E-state index is 11.9. The summed E-state index contributed by atoms with van der Waals surface area (Å²) in [5, 5.41) is 11.5. The molecule has 21 heavy (non-hydrogen) atoms. The number of nitrogens with zero attached hydrogens (tertiary/aromatic N) is 1. The van der Waals surface area contributed by atoms with Crippen molar-refractivity contribution in [2.24, 2.45) is 0 Å². The fraction of sp³-hybridized carbons (Fsp3) is 0.143. The first-order valence-corrected chi connectivity index (χ1v) is 7.42. The van der Waals surface area contributed by atoms with Gasteiger partial charge in [0.25, 0.3) is 5.56 Å². The van der Waals surface area contributed by atoms with E-state index in [9.17, 15) is 9.90 Å². The molecule has 0 radical (unpaired) electrons. The number of ether oxygens (including phenoxy) is 1. The molecule has 0 atom stereocenters. The van der Waals surface area contributed by atoms with Crippen LogP contribution in [0.5, 0.6) is 5.75 Å². The lowest BCUT2D eigenvalue weighted by Crippen LogP contribution is -2.12. The summed E-state index contributed by atoms with van der Waals surface area (Å²) in [6, 6.07) is 6.92. The summed E-state index contributed by atoms with van der Waals surface area (Å²) in [4.78, 5) is 18.9. The van der Waals surface area contributed by atoms with Crippen LogP contribution in [-0.2, 0) is 13.2 Å².